The minimum Gasteiger partial charge on any atom is -0.343 e. The van der Waals surface area contributed by atoms with Crippen LogP contribution in [0.4, 0.5) is 5.69 Å². The van der Waals surface area contributed by atoms with Crippen LogP contribution in [-0.2, 0) is 0 Å². The fraction of sp³-hybridized carbons (Fsp3) is 0.125. The van der Waals surface area contributed by atoms with E-state index in [1.807, 2.05) is 6.08 Å². The van der Waals surface area contributed by atoms with E-state index in [1.54, 1.807) is 0 Å². The van der Waals surface area contributed by atoms with Gasteiger partial charge in [-0.25, -0.2) is 0 Å². The van der Waals surface area contributed by atoms with E-state index in [0.29, 0.717) is 5.92 Å². The van der Waals surface area contributed by atoms with E-state index >= 15 is 0 Å². The van der Waals surface area contributed by atoms with Gasteiger partial charge in [0.1, 0.15) is 0 Å². The highest BCUT2D eigenvalue weighted by atomic mass is 15.1. The van der Waals surface area contributed by atoms with Crippen molar-refractivity contribution in [2.45, 2.75) is 12.0 Å². The number of aromatic nitrogens is 1. The lowest BCUT2D eigenvalue weighted by atomic mass is 9.83. The molecule has 2 atom stereocenters. The molecular weight excluding hydrogens is 316 g/mol. The van der Waals surface area contributed by atoms with E-state index in [9.17, 15) is 0 Å². The Morgan fingerprint density at radius 2 is 1.77 bits per heavy atom. The van der Waals surface area contributed by atoms with Crippen LogP contribution in [0.1, 0.15) is 23.2 Å². The van der Waals surface area contributed by atoms with Crippen molar-refractivity contribution in [2.24, 2.45) is 0 Å². The first-order valence-corrected chi connectivity index (χ1v) is 9.08. The number of allylic oxidation sites excluding steroid dienone is 2. The summed E-state index contributed by atoms with van der Waals surface area (Å²) < 4.78 is 2.45. The van der Waals surface area contributed by atoms with Crippen molar-refractivity contribution < 1.29 is 4.57 Å². The number of hydrogen-bond acceptors (Lipinski definition) is 1. The second-order valence-corrected chi connectivity index (χ2v) is 6.94. The van der Waals surface area contributed by atoms with E-state index in [1.165, 1.54) is 33.4 Å². The summed E-state index contributed by atoms with van der Waals surface area (Å²) in [5.41, 5.74) is 6.54. The summed E-state index contributed by atoms with van der Waals surface area (Å²) in [6.07, 6.45) is 6.36. The summed E-state index contributed by atoms with van der Waals surface area (Å²) in [6, 6.07) is 22.0. The standard InChI is InChI=1S/C24H21N2/c1-3-15-25-16-19-23-14-13-17-9-5-7-11-21(17)26(23)20(4-2)24(19)18-10-6-8-12-22(18)25/h3-14,16,20,24H,1-2,15H2/q+1. The number of rotatable bonds is 3. The lowest BCUT2D eigenvalue weighted by Gasteiger charge is -2.30. The Kier molecular flexibility index (Phi) is 3.32. The summed E-state index contributed by atoms with van der Waals surface area (Å²) in [5, 5.41) is 1.26. The molecule has 0 amide bonds. The van der Waals surface area contributed by atoms with Crippen LogP contribution in [0.2, 0.25) is 0 Å². The summed E-state index contributed by atoms with van der Waals surface area (Å²) >= 11 is 0. The molecule has 2 unspecified atom stereocenters. The van der Waals surface area contributed by atoms with Crippen molar-refractivity contribution >= 4 is 22.2 Å². The van der Waals surface area contributed by atoms with Gasteiger partial charge in [0.05, 0.1) is 11.5 Å². The van der Waals surface area contributed by atoms with Crippen LogP contribution in [0.3, 0.4) is 0 Å². The smallest absolute Gasteiger partial charge is 0.213 e. The molecule has 0 saturated heterocycles. The molecule has 0 fully saturated rings. The minimum atomic E-state index is 0.217. The van der Waals surface area contributed by atoms with Gasteiger partial charge in [0.2, 0.25) is 11.2 Å². The third-order valence-electron chi connectivity index (χ3n) is 5.59. The molecule has 0 bridgehead atoms. The molecule has 0 saturated carbocycles. The Labute approximate surface area is 154 Å². The maximum Gasteiger partial charge on any atom is 0.213 e. The van der Waals surface area contributed by atoms with Gasteiger partial charge in [0, 0.05) is 36.0 Å². The highest BCUT2D eigenvalue weighted by molar-refractivity contribution is 5.84. The van der Waals surface area contributed by atoms with Gasteiger partial charge in [0.25, 0.3) is 0 Å². The molecule has 2 heteroatoms. The maximum atomic E-state index is 4.19. The highest BCUT2D eigenvalue weighted by Crippen LogP contribution is 2.50. The first-order valence-electron chi connectivity index (χ1n) is 9.08. The number of para-hydroxylation sites is 2. The second-order valence-electron chi connectivity index (χ2n) is 6.94. The Bertz CT molecular complexity index is 1080. The zero-order valence-corrected chi connectivity index (χ0v) is 14.7. The van der Waals surface area contributed by atoms with Crippen LogP contribution in [0.25, 0.3) is 16.5 Å². The molecule has 5 rings (SSSR count). The molecule has 2 aliphatic heterocycles. The topological polar surface area (TPSA) is 7.12 Å². The van der Waals surface area contributed by atoms with Crippen LogP contribution >= 0.6 is 0 Å². The summed E-state index contributed by atoms with van der Waals surface area (Å²) in [6.45, 7) is 8.93. The normalized spacial score (nSPS) is 20.2. The third-order valence-corrected chi connectivity index (χ3v) is 5.59. The third kappa shape index (κ3) is 1.96. The average Bonchev–Trinajstić information content (AvgIpc) is 3.02. The molecule has 0 radical (unpaired) electrons. The molecule has 0 aliphatic carbocycles. The number of benzene rings is 2. The second kappa shape index (κ2) is 5.70. The Balaban J connectivity index is 1.82. The van der Waals surface area contributed by atoms with Crippen LogP contribution in [-0.4, -0.2) is 6.54 Å². The van der Waals surface area contributed by atoms with E-state index in [4.69, 9.17) is 0 Å². The molecule has 0 N–H and O–H groups in total. The molecular formula is C24H21N2+. The van der Waals surface area contributed by atoms with Crippen molar-refractivity contribution in [1.29, 1.82) is 0 Å². The Morgan fingerprint density at radius 3 is 2.62 bits per heavy atom. The van der Waals surface area contributed by atoms with E-state index in [2.05, 4.69) is 95.6 Å². The zero-order chi connectivity index (χ0) is 17.7. The fourth-order valence-electron chi connectivity index (χ4n) is 4.55. The van der Waals surface area contributed by atoms with Gasteiger partial charge in [-0.3, -0.25) is 0 Å². The largest absolute Gasteiger partial charge is 0.343 e. The predicted octanol–water partition coefficient (Wildman–Crippen LogP) is 5.00. The van der Waals surface area contributed by atoms with Gasteiger partial charge in [-0.15, -0.1) is 6.58 Å². The number of pyridine rings is 1. The summed E-state index contributed by atoms with van der Waals surface area (Å²) in [5.74, 6) is 0.301. The van der Waals surface area contributed by atoms with Crippen LogP contribution in [0.15, 0.2) is 92.2 Å². The first kappa shape index (κ1) is 15.2. The molecule has 1 aromatic heterocycles. The maximum absolute atomic E-state index is 4.19. The SMILES string of the molecule is C=CCN1C=C2c3ccc4ccccc4[n+]3C(C=C)C2c2ccccc21. The van der Waals surface area contributed by atoms with Gasteiger partial charge >= 0.3 is 0 Å². The molecule has 0 spiro atoms. The lowest BCUT2D eigenvalue weighted by molar-refractivity contribution is -0.681. The number of hydrogen-bond donors (Lipinski definition) is 0. The highest BCUT2D eigenvalue weighted by Gasteiger charge is 2.47. The van der Waals surface area contributed by atoms with Crippen LogP contribution in [0, 0.1) is 0 Å². The van der Waals surface area contributed by atoms with E-state index < -0.39 is 0 Å². The van der Waals surface area contributed by atoms with Crippen LogP contribution in [0.5, 0.6) is 0 Å². The predicted molar refractivity (Wildman–Crippen MR) is 108 cm³/mol. The molecule has 3 heterocycles. The Hall–Kier alpha value is -3.13. The molecule has 2 aliphatic rings. The fourth-order valence-corrected chi connectivity index (χ4v) is 4.55. The first-order chi connectivity index (χ1) is 12.8. The van der Waals surface area contributed by atoms with Crippen molar-refractivity contribution in [3.8, 4) is 0 Å². The Morgan fingerprint density at radius 1 is 0.962 bits per heavy atom. The number of anilines is 1. The van der Waals surface area contributed by atoms with Gasteiger partial charge < -0.3 is 4.90 Å². The average molecular weight is 337 g/mol. The number of fused-ring (bicyclic) bond motifs is 7. The van der Waals surface area contributed by atoms with Gasteiger partial charge in [-0.2, -0.15) is 4.57 Å². The molecule has 3 aromatic rings. The number of nitrogens with zero attached hydrogens (tertiary/aromatic N) is 2. The van der Waals surface area contributed by atoms with Crippen molar-refractivity contribution in [2.75, 3.05) is 11.4 Å². The lowest BCUT2D eigenvalue weighted by Crippen LogP contribution is -2.39. The van der Waals surface area contributed by atoms with Gasteiger partial charge in [-0.1, -0.05) is 43.0 Å². The van der Waals surface area contributed by atoms with E-state index in [0.717, 1.165) is 6.54 Å². The van der Waals surface area contributed by atoms with Crippen molar-refractivity contribution in [1.82, 2.24) is 0 Å². The summed E-state index contributed by atoms with van der Waals surface area (Å²) in [4.78, 5) is 2.30. The zero-order valence-electron chi connectivity index (χ0n) is 14.7. The molecule has 26 heavy (non-hydrogen) atoms. The molecule has 2 aromatic carbocycles. The summed E-state index contributed by atoms with van der Waals surface area (Å²) in [7, 11) is 0. The van der Waals surface area contributed by atoms with Crippen molar-refractivity contribution in [3.63, 3.8) is 0 Å². The molecule has 126 valence electrons. The molecule has 2 nitrogen and oxygen atoms in total. The van der Waals surface area contributed by atoms with Gasteiger partial charge in [-0.05, 0) is 29.8 Å². The van der Waals surface area contributed by atoms with Crippen molar-refractivity contribution in [3.05, 3.63) is 103 Å². The minimum absolute atomic E-state index is 0.217. The monoisotopic (exact) mass is 337 g/mol. The van der Waals surface area contributed by atoms with Gasteiger partial charge in [0.15, 0.2) is 6.04 Å². The van der Waals surface area contributed by atoms with Crippen LogP contribution < -0.4 is 9.47 Å². The van der Waals surface area contributed by atoms with E-state index in [-0.39, 0.29) is 6.04 Å². The quantitative estimate of drug-likeness (QED) is 0.482.